The molecule has 6 heteroatoms. The largest absolute Gasteiger partial charge is 0.295 e. The summed E-state index contributed by atoms with van der Waals surface area (Å²) in [6, 6.07) is 12.3. The van der Waals surface area contributed by atoms with Crippen LogP contribution in [0.1, 0.15) is 23.7 Å². The molecule has 0 spiro atoms. The number of rotatable bonds is 5. The first-order valence-electron chi connectivity index (χ1n) is 8.68. The molecular weight excluding hydrogens is 300 g/mol. The van der Waals surface area contributed by atoms with Crippen molar-refractivity contribution < 1.29 is 0 Å². The molecule has 0 saturated carbocycles. The van der Waals surface area contributed by atoms with Gasteiger partial charge in [0.2, 0.25) is 0 Å². The van der Waals surface area contributed by atoms with Gasteiger partial charge in [0.25, 0.3) is 0 Å². The molecule has 0 amide bonds. The fourth-order valence-corrected chi connectivity index (χ4v) is 3.60. The number of nitrogens with zero attached hydrogens (tertiary/aromatic N) is 4. The maximum atomic E-state index is 4.51. The molecule has 24 heavy (non-hydrogen) atoms. The van der Waals surface area contributed by atoms with Crippen molar-refractivity contribution in [2.45, 2.75) is 12.3 Å². The van der Waals surface area contributed by atoms with E-state index < -0.39 is 0 Å². The van der Waals surface area contributed by atoms with Gasteiger partial charge in [-0.2, -0.15) is 0 Å². The van der Waals surface area contributed by atoms with Gasteiger partial charge >= 0.3 is 0 Å². The van der Waals surface area contributed by atoms with E-state index in [1.165, 1.54) is 0 Å². The van der Waals surface area contributed by atoms with Gasteiger partial charge in [-0.3, -0.25) is 30.4 Å². The predicted molar refractivity (Wildman–Crippen MR) is 93.1 cm³/mol. The molecule has 2 N–H and O–H groups in total. The zero-order valence-corrected chi connectivity index (χ0v) is 13.8. The molecule has 4 heterocycles. The molecular formula is C18H24N6. The lowest BCUT2D eigenvalue weighted by atomic mass is 10.2. The summed E-state index contributed by atoms with van der Waals surface area (Å²) in [5, 5.41) is 7.12. The highest BCUT2D eigenvalue weighted by molar-refractivity contribution is 5.11. The van der Waals surface area contributed by atoms with E-state index in [0.29, 0.717) is 0 Å². The molecule has 4 rings (SSSR count). The number of hydrogen-bond acceptors (Lipinski definition) is 6. The van der Waals surface area contributed by atoms with Crippen molar-refractivity contribution in [2.24, 2.45) is 0 Å². The topological polar surface area (TPSA) is 56.3 Å². The monoisotopic (exact) mass is 324 g/mol. The van der Waals surface area contributed by atoms with E-state index in [1.54, 1.807) is 0 Å². The molecule has 0 aliphatic carbocycles. The second kappa shape index (κ2) is 7.36. The van der Waals surface area contributed by atoms with E-state index in [0.717, 1.165) is 50.7 Å². The number of aromatic nitrogens is 2. The highest BCUT2D eigenvalue weighted by Crippen LogP contribution is 2.22. The molecule has 2 saturated heterocycles. The van der Waals surface area contributed by atoms with E-state index in [-0.39, 0.29) is 12.3 Å². The van der Waals surface area contributed by atoms with E-state index in [2.05, 4.69) is 54.7 Å². The molecule has 0 unspecified atom stereocenters. The van der Waals surface area contributed by atoms with Gasteiger partial charge < -0.3 is 0 Å². The van der Waals surface area contributed by atoms with Gasteiger partial charge in [-0.15, -0.1) is 0 Å². The van der Waals surface area contributed by atoms with Crippen LogP contribution in [0.4, 0.5) is 0 Å². The lowest BCUT2D eigenvalue weighted by Gasteiger charge is -2.28. The third-order valence-electron chi connectivity index (χ3n) is 4.81. The second-order valence-electron chi connectivity index (χ2n) is 6.29. The molecule has 2 fully saturated rings. The minimum Gasteiger partial charge on any atom is -0.295 e. The van der Waals surface area contributed by atoms with Gasteiger partial charge in [0.05, 0.1) is 11.4 Å². The lowest BCUT2D eigenvalue weighted by molar-refractivity contribution is 0.172. The fourth-order valence-electron chi connectivity index (χ4n) is 3.60. The third kappa shape index (κ3) is 3.32. The minimum atomic E-state index is 0.232. The average molecular weight is 324 g/mol. The standard InChI is InChI=1S/C18H24N6/c1-3-7-19-15(5-1)17-21-9-11-23(17)13-14-24-12-10-22-18(24)16-6-2-4-8-20-16/h1-8,17-18,21-22H,9-14H2/t17-,18-/m1/s1. The minimum absolute atomic E-state index is 0.232. The molecule has 2 aliphatic rings. The molecule has 126 valence electrons. The Bertz CT molecular complexity index is 577. The predicted octanol–water partition coefficient (Wildman–Crippen LogP) is 0.984. The van der Waals surface area contributed by atoms with E-state index >= 15 is 0 Å². The van der Waals surface area contributed by atoms with Crippen LogP contribution in [0.5, 0.6) is 0 Å². The average Bonchev–Trinajstić information content (AvgIpc) is 3.30. The zero-order chi connectivity index (χ0) is 16.2. The normalized spacial score (nSPS) is 25.3. The van der Waals surface area contributed by atoms with Crippen LogP contribution in [0.3, 0.4) is 0 Å². The molecule has 0 aromatic carbocycles. The summed E-state index contributed by atoms with van der Waals surface area (Å²) in [6.07, 6.45) is 4.20. The van der Waals surface area contributed by atoms with Crippen molar-refractivity contribution in [1.29, 1.82) is 0 Å². The van der Waals surface area contributed by atoms with Crippen LogP contribution in [0.2, 0.25) is 0 Å². The van der Waals surface area contributed by atoms with Crippen LogP contribution in [0, 0.1) is 0 Å². The molecule has 2 aromatic heterocycles. The number of hydrogen-bond donors (Lipinski definition) is 2. The summed E-state index contributed by atoms with van der Waals surface area (Å²) in [5.74, 6) is 0. The van der Waals surface area contributed by atoms with Gasteiger partial charge in [-0.25, -0.2) is 0 Å². The van der Waals surface area contributed by atoms with Crippen molar-refractivity contribution in [3.05, 3.63) is 60.2 Å². The summed E-state index contributed by atoms with van der Waals surface area (Å²) < 4.78 is 0. The van der Waals surface area contributed by atoms with Gasteiger partial charge in [0.15, 0.2) is 0 Å². The maximum absolute atomic E-state index is 4.51. The second-order valence-corrected chi connectivity index (χ2v) is 6.29. The first kappa shape index (κ1) is 15.7. The Hall–Kier alpha value is -1.86. The van der Waals surface area contributed by atoms with Crippen LogP contribution < -0.4 is 10.6 Å². The van der Waals surface area contributed by atoms with Crippen molar-refractivity contribution in [2.75, 3.05) is 39.3 Å². The van der Waals surface area contributed by atoms with Gasteiger partial charge in [0.1, 0.15) is 12.3 Å². The summed E-state index contributed by atoms with van der Waals surface area (Å²) in [7, 11) is 0. The van der Waals surface area contributed by atoms with Gasteiger partial charge in [-0.1, -0.05) is 12.1 Å². The zero-order valence-electron chi connectivity index (χ0n) is 13.8. The first-order valence-corrected chi connectivity index (χ1v) is 8.68. The Kier molecular flexibility index (Phi) is 4.80. The van der Waals surface area contributed by atoms with Crippen LogP contribution in [0.15, 0.2) is 48.8 Å². The molecule has 2 aromatic rings. The lowest BCUT2D eigenvalue weighted by Crippen LogP contribution is -2.37. The Morgan fingerprint density at radius 3 is 1.71 bits per heavy atom. The van der Waals surface area contributed by atoms with Gasteiger partial charge in [0, 0.05) is 51.7 Å². The fraction of sp³-hybridized carbons (Fsp3) is 0.444. The summed E-state index contributed by atoms with van der Waals surface area (Å²) >= 11 is 0. The first-order chi connectivity index (χ1) is 11.9. The van der Waals surface area contributed by atoms with Crippen molar-refractivity contribution >= 4 is 0 Å². The van der Waals surface area contributed by atoms with E-state index in [9.17, 15) is 0 Å². The number of pyridine rings is 2. The highest BCUT2D eigenvalue weighted by Gasteiger charge is 2.30. The molecule has 0 bridgehead atoms. The van der Waals surface area contributed by atoms with Gasteiger partial charge in [-0.05, 0) is 24.3 Å². The quantitative estimate of drug-likeness (QED) is 0.855. The van der Waals surface area contributed by atoms with Crippen molar-refractivity contribution in [3.8, 4) is 0 Å². The SMILES string of the molecule is c1ccc([C@@H]2NCCN2CCN2CCN[C@H]2c2ccccn2)nc1. The van der Waals surface area contributed by atoms with Crippen LogP contribution in [-0.2, 0) is 0 Å². The highest BCUT2D eigenvalue weighted by atomic mass is 15.4. The Balaban J connectivity index is 1.39. The Labute approximate surface area is 142 Å². The summed E-state index contributed by atoms with van der Waals surface area (Å²) in [5.41, 5.74) is 2.21. The van der Waals surface area contributed by atoms with E-state index in [4.69, 9.17) is 0 Å². The van der Waals surface area contributed by atoms with Crippen molar-refractivity contribution in [1.82, 2.24) is 30.4 Å². The molecule has 2 atom stereocenters. The molecule has 6 nitrogen and oxygen atoms in total. The molecule has 2 aliphatic heterocycles. The van der Waals surface area contributed by atoms with Crippen LogP contribution >= 0.6 is 0 Å². The Morgan fingerprint density at radius 1 is 0.792 bits per heavy atom. The maximum Gasteiger partial charge on any atom is 0.104 e. The summed E-state index contributed by atoms with van der Waals surface area (Å²) in [6.45, 7) is 6.22. The third-order valence-corrected chi connectivity index (χ3v) is 4.81. The molecule has 0 radical (unpaired) electrons. The number of nitrogens with one attached hydrogen (secondary N) is 2. The van der Waals surface area contributed by atoms with Crippen LogP contribution in [0.25, 0.3) is 0 Å². The Morgan fingerprint density at radius 2 is 1.29 bits per heavy atom. The van der Waals surface area contributed by atoms with Crippen LogP contribution in [-0.4, -0.2) is 59.0 Å². The summed E-state index contributed by atoms with van der Waals surface area (Å²) in [4.78, 5) is 14.0. The van der Waals surface area contributed by atoms with E-state index in [1.807, 2.05) is 24.5 Å². The smallest absolute Gasteiger partial charge is 0.104 e. The van der Waals surface area contributed by atoms with Crippen molar-refractivity contribution in [3.63, 3.8) is 0 Å².